The molecule has 0 aliphatic carbocycles. The quantitative estimate of drug-likeness (QED) is 0.646. The van der Waals surface area contributed by atoms with Crippen LogP contribution in [0.1, 0.15) is 10.4 Å². The maximum Gasteiger partial charge on any atom is 0.187 e. The lowest BCUT2D eigenvalue weighted by atomic mass is 10.1. The molecular weight excluding hydrogens is 246 g/mol. The molecule has 0 spiro atoms. The Hall–Kier alpha value is -0.970. The number of halogens is 3. The molecule has 0 aliphatic rings. The van der Waals surface area contributed by atoms with E-state index in [9.17, 15) is 13.6 Å². The molecule has 0 bridgehead atoms. The van der Waals surface area contributed by atoms with Crippen molar-refractivity contribution >= 4 is 22.2 Å². The Kier molecular flexibility index (Phi) is 2.98. The van der Waals surface area contributed by atoms with Crippen molar-refractivity contribution < 1.29 is 18.7 Å². The summed E-state index contributed by atoms with van der Waals surface area (Å²) in [6.07, 6.45) is 0.491. The molecule has 1 rings (SSSR count). The number of hydrogen-bond acceptors (Lipinski definition) is 2. The summed E-state index contributed by atoms with van der Waals surface area (Å²) in [7, 11) is 0. The third kappa shape index (κ3) is 2.03. The number of alkyl halides is 1. The summed E-state index contributed by atoms with van der Waals surface area (Å²) in [5.41, 5.74) is 0.128. The molecule has 1 atom stereocenters. The first-order valence-electron chi connectivity index (χ1n) is 3.33. The van der Waals surface area contributed by atoms with Crippen LogP contribution in [0.15, 0.2) is 12.1 Å². The highest BCUT2D eigenvalue weighted by molar-refractivity contribution is 9.09. The van der Waals surface area contributed by atoms with E-state index in [4.69, 9.17) is 5.11 Å². The number of hydrogen-bond donors (Lipinski definition) is 1. The molecule has 0 amide bonds. The summed E-state index contributed by atoms with van der Waals surface area (Å²) in [4.78, 5) is 9.49. The number of phenols is 1. The van der Waals surface area contributed by atoms with Gasteiger partial charge < -0.3 is 9.90 Å². The van der Waals surface area contributed by atoms with Crippen molar-refractivity contribution in [3.63, 3.8) is 0 Å². The van der Waals surface area contributed by atoms with Crippen LogP contribution in [0.25, 0.3) is 0 Å². The molecule has 0 radical (unpaired) electrons. The number of phenolic OH excluding ortho intramolecular Hbond substituents is 1. The smallest absolute Gasteiger partial charge is 0.187 e. The van der Waals surface area contributed by atoms with Crippen LogP contribution in [0.2, 0.25) is 0 Å². The van der Waals surface area contributed by atoms with Crippen molar-refractivity contribution in [3.05, 3.63) is 29.3 Å². The molecule has 0 aliphatic heterocycles. The molecule has 0 heterocycles. The van der Waals surface area contributed by atoms with E-state index in [1.54, 1.807) is 0 Å². The summed E-state index contributed by atoms with van der Waals surface area (Å²) in [6.45, 7) is 0. The van der Waals surface area contributed by atoms with E-state index in [0.29, 0.717) is 6.29 Å². The van der Waals surface area contributed by atoms with E-state index in [1.165, 1.54) is 0 Å². The minimum Gasteiger partial charge on any atom is -0.503 e. The fraction of sp³-hybridized carbons (Fsp3) is 0.125. The maximum absolute atomic E-state index is 12.7. The second kappa shape index (κ2) is 3.83. The fourth-order valence-corrected chi connectivity index (χ4v) is 1.09. The Labute approximate surface area is 81.3 Å². The Morgan fingerprint density at radius 1 is 1.38 bits per heavy atom. The van der Waals surface area contributed by atoms with Crippen LogP contribution in [0.4, 0.5) is 8.78 Å². The van der Waals surface area contributed by atoms with Crippen LogP contribution >= 0.6 is 15.9 Å². The number of carbonyl (C=O) groups excluding carboxylic acids is 1. The Morgan fingerprint density at radius 2 is 1.85 bits per heavy atom. The molecule has 0 fully saturated rings. The number of rotatable bonds is 2. The Bertz CT molecular complexity index is 318. The topological polar surface area (TPSA) is 37.3 Å². The van der Waals surface area contributed by atoms with Crippen LogP contribution in [-0.2, 0) is 4.79 Å². The van der Waals surface area contributed by atoms with Crippen molar-refractivity contribution in [1.82, 2.24) is 0 Å². The first-order valence-corrected chi connectivity index (χ1v) is 4.25. The van der Waals surface area contributed by atoms with Gasteiger partial charge in [0.15, 0.2) is 17.4 Å². The second-order valence-corrected chi connectivity index (χ2v) is 3.36. The monoisotopic (exact) mass is 250 g/mol. The highest BCUT2D eigenvalue weighted by Gasteiger charge is 2.13. The molecule has 1 unspecified atom stereocenters. The zero-order chi connectivity index (χ0) is 10.0. The zero-order valence-corrected chi connectivity index (χ0v) is 7.88. The van der Waals surface area contributed by atoms with Crippen molar-refractivity contribution in [3.8, 4) is 5.75 Å². The van der Waals surface area contributed by atoms with Gasteiger partial charge in [-0.3, -0.25) is 0 Å². The maximum atomic E-state index is 12.7. The lowest BCUT2D eigenvalue weighted by Crippen LogP contribution is -1.94. The van der Waals surface area contributed by atoms with Gasteiger partial charge in [-0.05, 0) is 17.7 Å². The standard InChI is InChI=1S/C8H5BrF2O2/c9-5(3-12)4-1-6(10)8(13)7(11)2-4/h1-3,5,13H. The summed E-state index contributed by atoms with van der Waals surface area (Å²) in [5, 5.41) is 8.73. The number of aldehydes is 1. The van der Waals surface area contributed by atoms with E-state index >= 15 is 0 Å². The van der Waals surface area contributed by atoms with Crippen molar-refractivity contribution in [2.24, 2.45) is 0 Å². The van der Waals surface area contributed by atoms with Gasteiger partial charge in [0.2, 0.25) is 0 Å². The van der Waals surface area contributed by atoms with Gasteiger partial charge in [-0.1, -0.05) is 15.9 Å². The molecular formula is C8H5BrF2O2. The van der Waals surface area contributed by atoms with Gasteiger partial charge in [-0.25, -0.2) is 8.78 Å². The molecule has 0 saturated heterocycles. The SMILES string of the molecule is O=CC(Br)c1cc(F)c(O)c(F)c1. The van der Waals surface area contributed by atoms with Gasteiger partial charge in [0, 0.05) is 0 Å². The van der Waals surface area contributed by atoms with Crippen LogP contribution < -0.4 is 0 Å². The van der Waals surface area contributed by atoms with E-state index < -0.39 is 22.2 Å². The van der Waals surface area contributed by atoms with E-state index in [-0.39, 0.29) is 5.56 Å². The predicted octanol–water partition coefficient (Wildman–Crippen LogP) is 2.31. The van der Waals surface area contributed by atoms with Gasteiger partial charge >= 0.3 is 0 Å². The molecule has 5 heteroatoms. The molecule has 0 saturated carbocycles. The molecule has 2 nitrogen and oxygen atoms in total. The average Bonchev–Trinajstić information content (AvgIpc) is 2.12. The Balaban J connectivity index is 3.20. The van der Waals surface area contributed by atoms with Crippen LogP contribution in [0.3, 0.4) is 0 Å². The highest BCUT2D eigenvalue weighted by Crippen LogP contribution is 2.27. The third-order valence-corrected chi connectivity index (χ3v) is 2.22. The van der Waals surface area contributed by atoms with Crippen molar-refractivity contribution in [1.29, 1.82) is 0 Å². The van der Waals surface area contributed by atoms with Gasteiger partial charge in [-0.15, -0.1) is 0 Å². The summed E-state index contributed by atoms with van der Waals surface area (Å²) in [6, 6.07) is 1.79. The van der Waals surface area contributed by atoms with Gasteiger partial charge in [0.1, 0.15) is 6.29 Å². The van der Waals surface area contributed by atoms with Crippen molar-refractivity contribution in [2.75, 3.05) is 0 Å². The van der Waals surface area contributed by atoms with Crippen LogP contribution in [0.5, 0.6) is 5.75 Å². The number of benzene rings is 1. The minimum atomic E-state index is -1.08. The van der Waals surface area contributed by atoms with Crippen LogP contribution in [-0.4, -0.2) is 11.4 Å². The molecule has 1 aromatic rings. The minimum absolute atomic E-state index is 0.128. The lowest BCUT2D eigenvalue weighted by molar-refractivity contribution is -0.107. The lowest BCUT2D eigenvalue weighted by Gasteiger charge is -2.04. The molecule has 13 heavy (non-hydrogen) atoms. The van der Waals surface area contributed by atoms with Gasteiger partial charge in [-0.2, -0.15) is 0 Å². The van der Waals surface area contributed by atoms with Gasteiger partial charge in [0.05, 0.1) is 4.83 Å². The largest absolute Gasteiger partial charge is 0.503 e. The van der Waals surface area contributed by atoms with E-state index in [0.717, 1.165) is 12.1 Å². The summed E-state index contributed by atoms with van der Waals surface area (Å²) < 4.78 is 25.4. The first kappa shape index (κ1) is 10.1. The fourth-order valence-electron chi connectivity index (χ4n) is 0.823. The molecule has 0 aromatic heterocycles. The van der Waals surface area contributed by atoms with E-state index in [2.05, 4.69) is 15.9 Å². The predicted molar refractivity (Wildman–Crippen MR) is 45.8 cm³/mol. The first-order chi connectivity index (χ1) is 6.06. The van der Waals surface area contributed by atoms with E-state index in [1.807, 2.05) is 0 Å². The number of carbonyl (C=O) groups is 1. The third-order valence-electron chi connectivity index (χ3n) is 1.48. The molecule has 1 aromatic carbocycles. The Morgan fingerprint density at radius 3 is 2.23 bits per heavy atom. The highest BCUT2D eigenvalue weighted by atomic mass is 79.9. The normalized spacial score (nSPS) is 12.5. The molecule has 70 valence electrons. The zero-order valence-electron chi connectivity index (χ0n) is 6.30. The van der Waals surface area contributed by atoms with Gasteiger partial charge in [0.25, 0.3) is 0 Å². The second-order valence-electron chi connectivity index (χ2n) is 2.37. The average molecular weight is 251 g/mol. The van der Waals surface area contributed by atoms with Crippen LogP contribution in [0, 0.1) is 11.6 Å². The molecule has 1 N–H and O–H groups in total. The number of aromatic hydroxyl groups is 1. The summed E-state index contributed by atoms with van der Waals surface area (Å²) in [5.74, 6) is -3.20. The summed E-state index contributed by atoms with van der Waals surface area (Å²) >= 11 is 2.89. The van der Waals surface area contributed by atoms with Crippen molar-refractivity contribution in [2.45, 2.75) is 4.83 Å².